The molecule has 0 saturated heterocycles. The molecule has 0 fully saturated rings. The monoisotopic (exact) mass is 241 g/mol. The third-order valence-corrected chi connectivity index (χ3v) is 2.54. The van der Waals surface area contributed by atoms with E-state index in [1.807, 2.05) is 0 Å². The smallest absolute Gasteiger partial charge is 0.338 e. The molecular formula is C12H16ClNO2. The van der Waals surface area contributed by atoms with Gasteiger partial charge in [0.15, 0.2) is 0 Å². The summed E-state index contributed by atoms with van der Waals surface area (Å²) in [6.45, 7) is 2.14. The Morgan fingerprint density at radius 3 is 2.88 bits per heavy atom. The van der Waals surface area contributed by atoms with Crippen LogP contribution in [0.15, 0.2) is 18.2 Å². The number of nitrogens with two attached hydrogens (primary N) is 1. The normalized spacial score (nSPS) is 10.1. The molecule has 1 aromatic carbocycles. The highest BCUT2D eigenvalue weighted by Crippen LogP contribution is 2.20. The lowest BCUT2D eigenvalue weighted by Crippen LogP contribution is -2.10. The van der Waals surface area contributed by atoms with Crippen molar-refractivity contribution in [3.05, 3.63) is 29.3 Å². The van der Waals surface area contributed by atoms with Crippen LogP contribution < -0.4 is 5.73 Å². The maximum Gasteiger partial charge on any atom is 0.338 e. The minimum absolute atomic E-state index is 0.320. The fourth-order valence-corrected chi connectivity index (χ4v) is 1.66. The fourth-order valence-electron chi connectivity index (χ4n) is 1.53. The van der Waals surface area contributed by atoms with Crippen LogP contribution in [0.5, 0.6) is 0 Å². The molecule has 0 aliphatic carbocycles. The van der Waals surface area contributed by atoms with Crippen LogP contribution in [0.3, 0.4) is 0 Å². The molecule has 0 aromatic heterocycles. The number of halogens is 1. The average Bonchev–Trinajstić information content (AvgIpc) is 2.27. The first-order chi connectivity index (χ1) is 7.70. The number of alkyl halides is 1. The Bertz CT molecular complexity index is 366. The molecule has 2 N–H and O–H groups in total. The molecule has 0 aliphatic rings. The van der Waals surface area contributed by atoms with E-state index in [-0.39, 0.29) is 5.97 Å². The van der Waals surface area contributed by atoms with E-state index < -0.39 is 0 Å². The zero-order valence-electron chi connectivity index (χ0n) is 9.33. The minimum Gasteiger partial charge on any atom is -0.462 e. The lowest BCUT2D eigenvalue weighted by atomic mass is 10.0. The van der Waals surface area contributed by atoms with Crippen LogP contribution in [0, 0.1) is 0 Å². The van der Waals surface area contributed by atoms with E-state index in [1.54, 1.807) is 25.1 Å². The number of carbonyl (C=O) groups excluding carboxylic acids is 1. The number of hydrogen-bond acceptors (Lipinski definition) is 3. The second-order valence-corrected chi connectivity index (χ2v) is 3.76. The van der Waals surface area contributed by atoms with Gasteiger partial charge in [-0.2, -0.15) is 0 Å². The number of anilines is 1. The molecule has 0 aliphatic heterocycles. The van der Waals surface area contributed by atoms with Gasteiger partial charge >= 0.3 is 5.97 Å². The molecule has 3 nitrogen and oxygen atoms in total. The Balaban J connectivity index is 2.97. The van der Waals surface area contributed by atoms with Crippen LogP contribution in [-0.4, -0.2) is 18.5 Å². The second-order valence-electron chi connectivity index (χ2n) is 3.39. The summed E-state index contributed by atoms with van der Waals surface area (Å²) in [5.41, 5.74) is 7.85. The van der Waals surface area contributed by atoms with Gasteiger partial charge in [-0.25, -0.2) is 4.79 Å². The predicted molar refractivity (Wildman–Crippen MR) is 65.9 cm³/mol. The van der Waals surface area contributed by atoms with E-state index in [0.717, 1.165) is 12.0 Å². The van der Waals surface area contributed by atoms with Gasteiger partial charge in [0.05, 0.1) is 12.2 Å². The molecule has 0 spiro atoms. The number of benzene rings is 1. The summed E-state index contributed by atoms with van der Waals surface area (Å²) in [6, 6.07) is 5.27. The van der Waals surface area contributed by atoms with Crippen LogP contribution in [0.4, 0.5) is 5.69 Å². The molecule has 88 valence electrons. The number of carbonyl (C=O) groups is 1. The number of ether oxygens (including phenoxy) is 1. The Morgan fingerprint density at radius 2 is 2.25 bits per heavy atom. The first kappa shape index (κ1) is 12.8. The minimum atomic E-state index is -0.320. The van der Waals surface area contributed by atoms with Gasteiger partial charge in [0.1, 0.15) is 0 Å². The largest absolute Gasteiger partial charge is 0.462 e. The molecule has 0 saturated carbocycles. The van der Waals surface area contributed by atoms with Crippen molar-refractivity contribution in [1.29, 1.82) is 0 Å². The van der Waals surface area contributed by atoms with Gasteiger partial charge in [0.2, 0.25) is 0 Å². The molecule has 0 radical (unpaired) electrons. The van der Waals surface area contributed by atoms with Crippen molar-refractivity contribution >= 4 is 23.3 Å². The topological polar surface area (TPSA) is 52.3 Å². The van der Waals surface area contributed by atoms with Crippen molar-refractivity contribution in [3.8, 4) is 0 Å². The first-order valence-corrected chi connectivity index (χ1v) is 5.84. The van der Waals surface area contributed by atoms with Gasteiger partial charge in [-0.05, 0) is 37.5 Å². The van der Waals surface area contributed by atoms with Crippen molar-refractivity contribution < 1.29 is 9.53 Å². The van der Waals surface area contributed by atoms with Crippen molar-refractivity contribution in [1.82, 2.24) is 0 Å². The molecule has 0 atom stereocenters. The van der Waals surface area contributed by atoms with Gasteiger partial charge in [-0.15, -0.1) is 11.6 Å². The molecule has 1 aromatic rings. The summed E-state index contributed by atoms with van der Waals surface area (Å²) < 4.78 is 4.98. The maximum atomic E-state index is 11.7. The lowest BCUT2D eigenvalue weighted by Gasteiger charge is -2.10. The Hall–Kier alpha value is -1.22. The zero-order chi connectivity index (χ0) is 12.0. The van der Waals surface area contributed by atoms with Crippen LogP contribution in [0.25, 0.3) is 0 Å². The molecule has 0 heterocycles. The van der Waals surface area contributed by atoms with E-state index >= 15 is 0 Å². The second kappa shape index (κ2) is 6.38. The summed E-state index contributed by atoms with van der Waals surface area (Å²) in [6.07, 6.45) is 1.49. The van der Waals surface area contributed by atoms with Crippen LogP contribution in [0.1, 0.15) is 29.3 Å². The zero-order valence-corrected chi connectivity index (χ0v) is 10.1. The van der Waals surface area contributed by atoms with Crippen LogP contribution >= 0.6 is 11.6 Å². The fraction of sp³-hybridized carbons (Fsp3) is 0.417. The maximum absolute atomic E-state index is 11.7. The standard InChI is InChI=1S/C12H16ClNO2/c1-2-16-12(15)10-5-3-7-11(14)9(10)6-4-8-13/h3,5,7H,2,4,6,8,14H2,1H3. The molecule has 0 unspecified atom stereocenters. The SMILES string of the molecule is CCOC(=O)c1cccc(N)c1CCCCl. The van der Waals surface area contributed by atoms with Crippen molar-refractivity contribution in [3.63, 3.8) is 0 Å². The summed E-state index contributed by atoms with van der Waals surface area (Å²) >= 11 is 5.64. The first-order valence-electron chi connectivity index (χ1n) is 5.31. The molecule has 1 rings (SSSR count). The van der Waals surface area contributed by atoms with Gasteiger partial charge < -0.3 is 10.5 Å². The Kier molecular flexibility index (Phi) is 5.12. The van der Waals surface area contributed by atoms with Crippen molar-refractivity contribution in [2.24, 2.45) is 0 Å². The molecule has 0 bridgehead atoms. The summed E-state index contributed by atoms with van der Waals surface area (Å²) in [5.74, 6) is 0.232. The van der Waals surface area contributed by atoms with Crippen LogP contribution in [-0.2, 0) is 11.2 Å². The number of rotatable bonds is 5. The van der Waals surface area contributed by atoms with E-state index in [9.17, 15) is 4.79 Å². The number of nitrogen functional groups attached to an aromatic ring is 1. The van der Waals surface area contributed by atoms with Gasteiger partial charge in [-0.1, -0.05) is 6.07 Å². The van der Waals surface area contributed by atoms with Gasteiger partial charge in [-0.3, -0.25) is 0 Å². The van der Waals surface area contributed by atoms with E-state index in [1.165, 1.54) is 0 Å². The Morgan fingerprint density at radius 1 is 1.50 bits per heavy atom. The van der Waals surface area contributed by atoms with E-state index in [2.05, 4.69) is 0 Å². The highest BCUT2D eigenvalue weighted by Gasteiger charge is 2.13. The number of esters is 1. The third kappa shape index (κ3) is 3.14. The highest BCUT2D eigenvalue weighted by molar-refractivity contribution is 6.17. The predicted octanol–water partition coefficient (Wildman–Crippen LogP) is 2.62. The molecular weight excluding hydrogens is 226 g/mol. The van der Waals surface area contributed by atoms with Crippen molar-refractivity contribution in [2.45, 2.75) is 19.8 Å². The van der Waals surface area contributed by atoms with Gasteiger partial charge in [0.25, 0.3) is 0 Å². The highest BCUT2D eigenvalue weighted by atomic mass is 35.5. The van der Waals surface area contributed by atoms with Gasteiger partial charge in [0, 0.05) is 11.6 Å². The van der Waals surface area contributed by atoms with E-state index in [0.29, 0.717) is 30.2 Å². The summed E-state index contributed by atoms with van der Waals surface area (Å²) in [4.78, 5) is 11.7. The Labute approximate surface area is 101 Å². The molecule has 4 heteroatoms. The summed E-state index contributed by atoms with van der Waals surface area (Å²) in [5, 5.41) is 0. The third-order valence-electron chi connectivity index (χ3n) is 2.27. The van der Waals surface area contributed by atoms with Crippen molar-refractivity contribution in [2.75, 3.05) is 18.2 Å². The number of hydrogen-bond donors (Lipinski definition) is 1. The summed E-state index contributed by atoms with van der Waals surface area (Å²) in [7, 11) is 0. The quantitative estimate of drug-likeness (QED) is 0.490. The average molecular weight is 242 g/mol. The van der Waals surface area contributed by atoms with E-state index in [4.69, 9.17) is 22.1 Å². The lowest BCUT2D eigenvalue weighted by molar-refractivity contribution is 0.0525. The molecule has 16 heavy (non-hydrogen) atoms. The molecule has 0 amide bonds. The van der Waals surface area contributed by atoms with Crippen LogP contribution in [0.2, 0.25) is 0 Å².